The molecule has 1 aromatic heterocycles. The molecule has 0 atom stereocenters. The summed E-state index contributed by atoms with van der Waals surface area (Å²) in [6, 6.07) is 0. The van der Waals surface area contributed by atoms with Crippen molar-refractivity contribution in [2.45, 2.75) is 19.7 Å². The maximum atomic E-state index is 12.5. The van der Waals surface area contributed by atoms with E-state index in [0.29, 0.717) is 0 Å². The van der Waals surface area contributed by atoms with Gasteiger partial charge in [0, 0.05) is 6.20 Å². The lowest BCUT2D eigenvalue weighted by Crippen LogP contribution is -2.19. The molecule has 0 aliphatic heterocycles. The van der Waals surface area contributed by atoms with Crippen LogP contribution >= 0.6 is 15.9 Å². The van der Waals surface area contributed by atoms with Crippen molar-refractivity contribution in [3.8, 4) is 5.75 Å². The topological polar surface area (TPSA) is 22.1 Å². The van der Waals surface area contributed by atoms with E-state index in [2.05, 4.69) is 25.7 Å². The maximum Gasteiger partial charge on any atom is 0.573 e. The summed E-state index contributed by atoms with van der Waals surface area (Å²) < 4.78 is 64.1. The molecular weight excluding hydrogens is 301 g/mol. The molecule has 8 heteroatoms. The highest BCUT2D eigenvalue weighted by atomic mass is 79.9. The van der Waals surface area contributed by atoms with Gasteiger partial charge in [0.1, 0.15) is 4.60 Å². The van der Waals surface area contributed by atoms with Crippen LogP contribution in [0.5, 0.6) is 5.75 Å². The van der Waals surface area contributed by atoms with Crippen molar-refractivity contribution in [3.05, 3.63) is 21.9 Å². The summed E-state index contributed by atoms with van der Waals surface area (Å²) in [5.74, 6) is -0.998. The zero-order chi connectivity index (χ0) is 12.5. The van der Waals surface area contributed by atoms with E-state index in [0.717, 1.165) is 6.20 Å². The SMILES string of the molecule is Cc1cnc(Br)c(OC(F)(F)F)c1C(F)F. The zero-order valence-electron chi connectivity index (χ0n) is 7.78. The molecular formula is C8H5BrF5NO. The summed E-state index contributed by atoms with van der Waals surface area (Å²) in [7, 11) is 0. The number of hydrogen-bond acceptors (Lipinski definition) is 2. The normalized spacial score (nSPS) is 12.0. The van der Waals surface area contributed by atoms with E-state index < -0.39 is 28.7 Å². The number of ether oxygens (including phenoxy) is 1. The van der Waals surface area contributed by atoms with Crippen LogP contribution in [-0.4, -0.2) is 11.3 Å². The summed E-state index contributed by atoms with van der Waals surface area (Å²) in [5, 5.41) is 0. The van der Waals surface area contributed by atoms with Crippen molar-refractivity contribution in [3.63, 3.8) is 0 Å². The van der Waals surface area contributed by atoms with Gasteiger partial charge < -0.3 is 4.74 Å². The van der Waals surface area contributed by atoms with Crippen LogP contribution in [0.15, 0.2) is 10.8 Å². The largest absolute Gasteiger partial charge is 0.573 e. The van der Waals surface area contributed by atoms with Crippen LogP contribution in [0.25, 0.3) is 0 Å². The highest BCUT2D eigenvalue weighted by molar-refractivity contribution is 9.10. The Kier molecular flexibility index (Phi) is 3.72. The van der Waals surface area contributed by atoms with Crippen LogP contribution in [0.4, 0.5) is 22.0 Å². The summed E-state index contributed by atoms with van der Waals surface area (Å²) in [5.41, 5.74) is -0.892. The van der Waals surface area contributed by atoms with Crippen molar-refractivity contribution >= 4 is 15.9 Å². The molecule has 0 fully saturated rings. The molecule has 0 radical (unpaired) electrons. The van der Waals surface area contributed by atoms with Crippen molar-refractivity contribution in [2.75, 3.05) is 0 Å². The van der Waals surface area contributed by atoms with E-state index in [1.54, 1.807) is 0 Å². The van der Waals surface area contributed by atoms with Crippen molar-refractivity contribution in [1.29, 1.82) is 0 Å². The minimum absolute atomic E-state index is 0.0718. The van der Waals surface area contributed by atoms with Crippen molar-refractivity contribution in [1.82, 2.24) is 4.98 Å². The summed E-state index contributed by atoms with van der Waals surface area (Å²) >= 11 is 2.63. The molecule has 1 rings (SSSR count). The number of pyridine rings is 1. The van der Waals surface area contributed by atoms with Gasteiger partial charge in [-0.15, -0.1) is 13.2 Å². The molecule has 0 amide bonds. The lowest BCUT2D eigenvalue weighted by atomic mass is 10.1. The first-order valence-corrected chi connectivity index (χ1v) is 4.70. The van der Waals surface area contributed by atoms with Gasteiger partial charge >= 0.3 is 6.36 Å². The number of aryl methyl sites for hydroxylation is 1. The van der Waals surface area contributed by atoms with E-state index >= 15 is 0 Å². The molecule has 0 aliphatic carbocycles. The molecule has 0 bridgehead atoms. The Bertz CT molecular complexity index is 393. The van der Waals surface area contributed by atoms with Gasteiger partial charge in [-0.1, -0.05) is 0 Å². The first-order chi connectivity index (χ1) is 7.22. The van der Waals surface area contributed by atoms with Gasteiger partial charge in [0.25, 0.3) is 6.43 Å². The average molecular weight is 306 g/mol. The molecule has 0 N–H and O–H groups in total. The molecule has 0 saturated heterocycles. The molecule has 0 aliphatic rings. The highest BCUT2D eigenvalue weighted by Crippen LogP contribution is 2.39. The minimum atomic E-state index is -5.04. The molecule has 0 unspecified atom stereocenters. The summed E-state index contributed by atoms with van der Waals surface area (Å²) in [6.07, 6.45) is -7.08. The molecule has 1 heterocycles. The number of aromatic nitrogens is 1. The second kappa shape index (κ2) is 4.52. The second-order valence-electron chi connectivity index (χ2n) is 2.82. The smallest absolute Gasteiger partial charge is 0.402 e. The Morgan fingerprint density at radius 3 is 2.38 bits per heavy atom. The standard InChI is InChI=1S/C8H5BrF5NO/c1-3-2-15-6(9)5(4(3)7(10)11)16-8(12,13)14/h2,7H,1H3. The van der Waals surface area contributed by atoms with Crippen LogP contribution in [0.3, 0.4) is 0 Å². The molecule has 1 aromatic rings. The van der Waals surface area contributed by atoms with E-state index in [9.17, 15) is 22.0 Å². The number of halogens is 6. The number of rotatable bonds is 2. The van der Waals surface area contributed by atoms with Gasteiger partial charge in [0.15, 0.2) is 5.75 Å². The Labute approximate surface area is 95.6 Å². The van der Waals surface area contributed by atoms with Crippen LogP contribution in [-0.2, 0) is 0 Å². The van der Waals surface area contributed by atoms with E-state index in [1.165, 1.54) is 6.92 Å². The first-order valence-electron chi connectivity index (χ1n) is 3.91. The van der Waals surface area contributed by atoms with Gasteiger partial charge in [-0.2, -0.15) is 0 Å². The van der Waals surface area contributed by atoms with Gasteiger partial charge in [0.05, 0.1) is 5.56 Å². The van der Waals surface area contributed by atoms with Crippen molar-refractivity contribution < 1.29 is 26.7 Å². The quantitative estimate of drug-likeness (QED) is 0.609. The predicted octanol–water partition coefficient (Wildman–Crippen LogP) is 3.99. The number of alkyl halides is 5. The molecule has 0 saturated carbocycles. The minimum Gasteiger partial charge on any atom is -0.402 e. The van der Waals surface area contributed by atoms with Gasteiger partial charge in [-0.3, -0.25) is 0 Å². The van der Waals surface area contributed by atoms with Gasteiger partial charge in [-0.05, 0) is 28.4 Å². The molecule has 2 nitrogen and oxygen atoms in total. The van der Waals surface area contributed by atoms with E-state index in [4.69, 9.17) is 0 Å². The average Bonchev–Trinajstić information content (AvgIpc) is 2.08. The van der Waals surface area contributed by atoms with Gasteiger partial charge in [-0.25, -0.2) is 13.8 Å². The number of hydrogen-bond donors (Lipinski definition) is 0. The third-order valence-corrected chi connectivity index (χ3v) is 2.23. The monoisotopic (exact) mass is 305 g/mol. The fourth-order valence-electron chi connectivity index (χ4n) is 1.06. The van der Waals surface area contributed by atoms with Crippen LogP contribution in [0, 0.1) is 6.92 Å². The predicted molar refractivity (Wildman–Crippen MR) is 48.3 cm³/mol. The van der Waals surface area contributed by atoms with Crippen molar-refractivity contribution in [2.24, 2.45) is 0 Å². The molecule has 0 spiro atoms. The fourth-order valence-corrected chi connectivity index (χ4v) is 1.45. The Hall–Kier alpha value is -0.920. The summed E-state index contributed by atoms with van der Waals surface area (Å²) in [4.78, 5) is 3.46. The van der Waals surface area contributed by atoms with E-state index in [-0.39, 0.29) is 5.56 Å². The number of nitrogens with zero attached hydrogens (tertiary/aromatic N) is 1. The van der Waals surface area contributed by atoms with E-state index in [1.807, 2.05) is 0 Å². The summed E-state index contributed by atoms with van der Waals surface area (Å²) in [6.45, 7) is 1.23. The zero-order valence-corrected chi connectivity index (χ0v) is 9.36. The molecule has 0 aromatic carbocycles. The second-order valence-corrected chi connectivity index (χ2v) is 3.57. The third kappa shape index (κ3) is 3.03. The van der Waals surface area contributed by atoms with Crippen LogP contribution in [0.1, 0.15) is 17.6 Å². The van der Waals surface area contributed by atoms with Crippen LogP contribution in [0.2, 0.25) is 0 Å². The highest BCUT2D eigenvalue weighted by Gasteiger charge is 2.35. The third-order valence-electron chi connectivity index (χ3n) is 1.66. The van der Waals surface area contributed by atoms with Crippen LogP contribution < -0.4 is 4.74 Å². The Balaban J connectivity index is 3.29. The molecule has 90 valence electrons. The Morgan fingerprint density at radius 2 is 1.94 bits per heavy atom. The Morgan fingerprint density at radius 1 is 1.38 bits per heavy atom. The first kappa shape index (κ1) is 13.1. The van der Waals surface area contributed by atoms with Gasteiger partial charge in [0.2, 0.25) is 0 Å². The fraction of sp³-hybridized carbons (Fsp3) is 0.375. The maximum absolute atomic E-state index is 12.5. The lowest BCUT2D eigenvalue weighted by molar-refractivity contribution is -0.275. The lowest BCUT2D eigenvalue weighted by Gasteiger charge is -2.15. The molecule has 16 heavy (non-hydrogen) atoms.